The van der Waals surface area contributed by atoms with Crippen LogP contribution in [-0.2, 0) is 19.1 Å². The van der Waals surface area contributed by atoms with Crippen molar-refractivity contribution in [2.75, 3.05) is 31.1 Å². The fraction of sp³-hybridized carbons (Fsp3) is 0.526. The molecule has 2 amide bonds. The number of benzene rings is 1. The maximum absolute atomic E-state index is 13.4. The molecule has 0 aliphatic carbocycles. The Bertz CT molecular complexity index is 709. The van der Waals surface area contributed by atoms with Crippen molar-refractivity contribution in [3.05, 3.63) is 30.1 Å². The van der Waals surface area contributed by atoms with Gasteiger partial charge < -0.3 is 14.5 Å². The largest absolute Gasteiger partial charge is 0.466 e. The fourth-order valence-electron chi connectivity index (χ4n) is 3.65. The number of anilines is 1. The maximum Gasteiger partial charge on any atom is 0.310 e. The lowest BCUT2D eigenvalue weighted by Gasteiger charge is -2.33. The molecule has 26 heavy (non-hydrogen) atoms. The summed E-state index contributed by atoms with van der Waals surface area (Å²) in [5.74, 6) is -1.76. The second kappa shape index (κ2) is 7.85. The zero-order chi connectivity index (χ0) is 18.7. The van der Waals surface area contributed by atoms with E-state index in [1.165, 1.54) is 17.0 Å². The third kappa shape index (κ3) is 3.86. The molecule has 7 heteroatoms. The van der Waals surface area contributed by atoms with Crippen LogP contribution in [0.3, 0.4) is 0 Å². The van der Waals surface area contributed by atoms with Gasteiger partial charge in [0.05, 0.1) is 18.4 Å². The van der Waals surface area contributed by atoms with Crippen molar-refractivity contribution >= 4 is 23.5 Å². The first kappa shape index (κ1) is 18.4. The molecular weight excluding hydrogens is 339 g/mol. The number of hydrogen-bond acceptors (Lipinski definition) is 4. The minimum absolute atomic E-state index is 0.107. The summed E-state index contributed by atoms with van der Waals surface area (Å²) in [4.78, 5) is 40.2. The van der Waals surface area contributed by atoms with Crippen LogP contribution in [0, 0.1) is 17.7 Å². The van der Waals surface area contributed by atoms with Crippen molar-refractivity contribution in [3.63, 3.8) is 0 Å². The molecule has 2 atom stereocenters. The summed E-state index contributed by atoms with van der Waals surface area (Å²) in [7, 11) is 0. The molecule has 1 aromatic carbocycles. The number of amides is 2. The van der Waals surface area contributed by atoms with Crippen molar-refractivity contribution in [2.24, 2.45) is 11.8 Å². The molecule has 6 nitrogen and oxygen atoms in total. The Kier molecular flexibility index (Phi) is 5.54. The number of piperidine rings is 1. The van der Waals surface area contributed by atoms with Crippen molar-refractivity contribution in [2.45, 2.75) is 26.2 Å². The van der Waals surface area contributed by atoms with E-state index in [1.54, 1.807) is 24.0 Å². The molecule has 0 aromatic heterocycles. The van der Waals surface area contributed by atoms with Gasteiger partial charge in [0.1, 0.15) is 5.82 Å². The zero-order valence-corrected chi connectivity index (χ0v) is 14.8. The van der Waals surface area contributed by atoms with E-state index < -0.39 is 11.7 Å². The Balaban J connectivity index is 1.65. The van der Waals surface area contributed by atoms with Crippen molar-refractivity contribution in [3.8, 4) is 0 Å². The molecule has 0 saturated carbocycles. The standard InChI is InChI=1S/C19H23FN2O4/c1-2-26-19(25)13-5-4-8-21(11-13)18(24)14-9-17(23)22(12-14)16-7-3-6-15(20)10-16/h3,6-7,10,13-14H,2,4-5,8-9,11-12H2,1H3/t13-,14+/m1/s1. The lowest BCUT2D eigenvalue weighted by Crippen LogP contribution is -2.45. The number of rotatable bonds is 4. The Labute approximate surface area is 151 Å². The van der Waals surface area contributed by atoms with E-state index in [4.69, 9.17) is 4.74 Å². The van der Waals surface area contributed by atoms with E-state index in [9.17, 15) is 18.8 Å². The highest BCUT2D eigenvalue weighted by Gasteiger charge is 2.39. The summed E-state index contributed by atoms with van der Waals surface area (Å²) < 4.78 is 18.5. The molecule has 2 heterocycles. The number of carbonyl (C=O) groups is 3. The zero-order valence-electron chi connectivity index (χ0n) is 14.8. The Morgan fingerprint density at radius 1 is 1.27 bits per heavy atom. The number of ether oxygens (including phenoxy) is 1. The van der Waals surface area contributed by atoms with Gasteiger partial charge in [-0.3, -0.25) is 14.4 Å². The predicted octanol–water partition coefficient (Wildman–Crippen LogP) is 1.98. The summed E-state index contributed by atoms with van der Waals surface area (Å²) in [5.41, 5.74) is 0.466. The van der Waals surface area contributed by atoms with Gasteiger partial charge >= 0.3 is 5.97 Å². The van der Waals surface area contributed by atoms with Crippen molar-refractivity contribution in [1.82, 2.24) is 4.90 Å². The van der Waals surface area contributed by atoms with Crippen LogP contribution in [0.1, 0.15) is 26.2 Å². The highest BCUT2D eigenvalue weighted by Crippen LogP contribution is 2.28. The summed E-state index contributed by atoms with van der Waals surface area (Å²) in [6.07, 6.45) is 1.56. The molecule has 0 N–H and O–H groups in total. The van der Waals surface area contributed by atoms with Crippen LogP contribution in [0.25, 0.3) is 0 Å². The molecule has 2 aliphatic rings. The lowest BCUT2D eigenvalue weighted by atomic mass is 9.96. The van der Waals surface area contributed by atoms with Crippen molar-refractivity contribution in [1.29, 1.82) is 0 Å². The third-order valence-electron chi connectivity index (χ3n) is 4.95. The van der Waals surface area contributed by atoms with E-state index in [2.05, 4.69) is 0 Å². The first-order valence-corrected chi connectivity index (χ1v) is 9.01. The predicted molar refractivity (Wildman–Crippen MR) is 92.8 cm³/mol. The molecular formula is C19H23FN2O4. The van der Waals surface area contributed by atoms with E-state index in [0.29, 0.717) is 31.8 Å². The van der Waals surface area contributed by atoms with Crippen LogP contribution in [-0.4, -0.2) is 48.9 Å². The van der Waals surface area contributed by atoms with Crippen LogP contribution >= 0.6 is 0 Å². The van der Waals surface area contributed by atoms with Crippen LogP contribution in [0.5, 0.6) is 0 Å². The number of nitrogens with zero attached hydrogens (tertiary/aromatic N) is 2. The second-order valence-corrected chi connectivity index (χ2v) is 6.76. The molecule has 3 rings (SSSR count). The summed E-state index contributed by atoms with van der Waals surface area (Å²) in [6, 6.07) is 5.81. The fourth-order valence-corrected chi connectivity index (χ4v) is 3.65. The number of hydrogen-bond donors (Lipinski definition) is 0. The van der Waals surface area contributed by atoms with Gasteiger partial charge in [-0.25, -0.2) is 4.39 Å². The van der Waals surface area contributed by atoms with E-state index >= 15 is 0 Å². The third-order valence-corrected chi connectivity index (χ3v) is 4.95. The number of carbonyl (C=O) groups excluding carboxylic acids is 3. The number of esters is 1. The molecule has 0 bridgehead atoms. The topological polar surface area (TPSA) is 66.9 Å². The minimum atomic E-state index is -0.466. The van der Waals surface area contributed by atoms with Crippen LogP contribution in [0.4, 0.5) is 10.1 Å². The first-order valence-electron chi connectivity index (χ1n) is 9.01. The second-order valence-electron chi connectivity index (χ2n) is 6.76. The van der Waals surface area contributed by atoms with Crippen molar-refractivity contribution < 1.29 is 23.5 Å². The Hall–Kier alpha value is -2.44. The molecule has 2 saturated heterocycles. The number of halogens is 1. The van der Waals surface area contributed by atoms with Gasteiger partial charge in [0, 0.05) is 31.7 Å². The smallest absolute Gasteiger partial charge is 0.310 e. The van der Waals surface area contributed by atoms with Gasteiger partial charge in [-0.15, -0.1) is 0 Å². The van der Waals surface area contributed by atoms with Crippen LogP contribution in [0.2, 0.25) is 0 Å². The van der Waals surface area contributed by atoms with Gasteiger partial charge in [-0.05, 0) is 38.0 Å². The minimum Gasteiger partial charge on any atom is -0.466 e. The molecule has 0 spiro atoms. The van der Waals surface area contributed by atoms with Gasteiger partial charge in [0.2, 0.25) is 11.8 Å². The average molecular weight is 362 g/mol. The monoisotopic (exact) mass is 362 g/mol. The maximum atomic E-state index is 13.4. The Morgan fingerprint density at radius 3 is 2.81 bits per heavy atom. The molecule has 0 radical (unpaired) electrons. The number of likely N-dealkylation sites (tertiary alicyclic amines) is 1. The normalized spacial score (nSPS) is 23.2. The molecule has 2 aliphatic heterocycles. The average Bonchev–Trinajstić information content (AvgIpc) is 3.03. The quantitative estimate of drug-likeness (QED) is 0.768. The Morgan fingerprint density at radius 2 is 2.08 bits per heavy atom. The van der Waals surface area contributed by atoms with Gasteiger partial charge in [-0.1, -0.05) is 6.07 Å². The van der Waals surface area contributed by atoms with Gasteiger partial charge in [0.15, 0.2) is 0 Å². The summed E-state index contributed by atoms with van der Waals surface area (Å²) in [6.45, 7) is 3.24. The molecule has 2 fully saturated rings. The summed E-state index contributed by atoms with van der Waals surface area (Å²) >= 11 is 0. The highest BCUT2D eigenvalue weighted by molar-refractivity contribution is 6.00. The SMILES string of the molecule is CCOC(=O)[C@@H]1CCCN(C(=O)[C@H]2CC(=O)N(c3cccc(F)c3)C2)C1. The molecule has 1 aromatic rings. The lowest BCUT2D eigenvalue weighted by molar-refractivity contribution is -0.152. The van der Waals surface area contributed by atoms with Crippen LogP contribution < -0.4 is 4.90 Å². The first-order chi connectivity index (χ1) is 12.5. The molecule has 140 valence electrons. The summed E-state index contributed by atoms with van der Waals surface area (Å²) in [5, 5.41) is 0. The van der Waals surface area contributed by atoms with Gasteiger partial charge in [0.25, 0.3) is 0 Å². The van der Waals surface area contributed by atoms with E-state index in [1.807, 2.05) is 0 Å². The highest BCUT2D eigenvalue weighted by atomic mass is 19.1. The molecule has 0 unspecified atom stereocenters. The van der Waals surface area contributed by atoms with Gasteiger partial charge in [-0.2, -0.15) is 0 Å². The van der Waals surface area contributed by atoms with Crippen LogP contribution in [0.15, 0.2) is 24.3 Å². The van der Waals surface area contributed by atoms with E-state index in [0.717, 1.165) is 6.42 Å². The van der Waals surface area contributed by atoms with E-state index in [-0.39, 0.29) is 36.7 Å².